The van der Waals surface area contributed by atoms with Crippen LogP contribution in [0.5, 0.6) is 5.75 Å². The van der Waals surface area contributed by atoms with Crippen molar-refractivity contribution in [2.75, 3.05) is 19.6 Å². The SMILES string of the molecule is Cc1nccn1C[C@H](C)CNC(=O)N1CC[C@@H](Oc2cccnc2)C1. The molecule has 0 saturated carbocycles. The zero-order valence-electron chi connectivity index (χ0n) is 14.8. The molecule has 3 heterocycles. The van der Waals surface area contributed by atoms with E-state index in [-0.39, 0.29) is 12.1 Å². The van der Waals surface area contributed by atoms with Gasteiger partial charge in [0.1, 0.15) is 17.7 Å². The van der Waals surface area contributed by atoms with Crippen molar-refractivity contribution in [1.29, 1.82) is 0 Å². The molecule has 0 spiro atoms. The first kappa shape index (κ1) is 17.3. The number of urea groups is 1. The lowest BCUT2D eigenvalue weighted by Crippen LogP contribution is -2.41. The fraction of sp³-hybridized carbons (Fsp3) is 0.500. The normalized spacial score (nSPS) is 18.2. The molecule has 7 heteroatoms. The predicted octanol–water partition coefficient (Wildman–Crippen LogP) is 2.09. The van der Waals surface area contributed by atoms with Gasteiger partial charge in [0.05, 0.1) is 12.7 Å². The lowest BCUT2D eigenvalue weighted by atomic mass is 10.2. The van der Waals surface area contributed by atoms with Crippen molar-refractivity contribution in [3.8, 4) is 5.75 Å². The third-order valence-corrected chi connectivity index (χ3v) is 4.40. The monoisotopic (exact) mass is 343 g/mol. The Kier molecular flexibility index (Phi) is 5.53. The van der Waals surface area contributed by atoms with Gasteiger partial charge in [-0.25, -0.2) is 9.78 Å². The molecule has 0 unspecified atom stereocenters. The van der Waals surface area contributed by atoms with E-state index in [1.807, 2.05) is 30.2 Å². The van der Waals surface area contributed by atoms with E-state index in [0.29, 0.717) is 25.6 Å². The highest BCUT2D eigenvalue weighted by Crippen LogP contribution is 2.17. The highest BCUT2D eigenvalue weighted by atomic mass is 16.5. The maximum Gasteiger partial charge on any atom is 0.317 e. The fourth-order valence-corrected chi connectivity index (χ4v) is 2.99. The zero-order chi connectivity index (χ0) is 17.6. The number of hydrogen-bond acceptors (Lipinski definition) is 4. The second kappa shape index (κ2) is 8.00. The third-order valence-electron chi connectivity index (χ3n) is 4.40. The Bertz CT molecular complexity index is 688. The van der Waals surface area contributed by atoms with Crippen molar-refractivity contribution >= 4 is 6.03 Å². The van der Waals surface area contributed by atoms with Gasteiger partial charge in [-0.2, -0.15) is 0 Å². The number of rotatable bonds is 6. The van der Waals surface area contributed by atoms with Crippen LogP contribution in [0.25, 0.3) is 0 Å². The Morgan fingerprint density at radius 2 is 2.36 bits per heavy atom. The van der Waals surface area contributed by atoms with Gasteiger partial charge in [-0.1, -0.05) is 6.92 Å². The molecule has 3 rings (SSSR count). The quantitative estimate of drug-likeness (QED) is 0.872. The molecule has 0 aliphatic carbocycles. The number of likely N-dealkylation sites (tertiary alicyclic amines) is 1. The Balaban J connectivity index is 1.41. The standard InChI is InChI=1S/C18H25N5O2/c1-14(12-22-9-7-20-15(22)2)10-21-18(24)23-8-5-17(13-23)25-16-4-3-6-19-11-16/h3-4,6-7,9,11,14,17H,5,8,10,12-13H2,1-2H3,(H,21,24)/t14-,17-/m1/s1. The number of carbonyl (C=O) groups excluding carboxylic acids is 1. The zero-order valence-corrected chi connectivity index (χ0v) is 14.8. The highest BCUT2D eigenvalue weighted by Gasteiger charge is 2.27. The Morgan fingerprint density at radius 3 is 3.08 bits per heavy atom. The molecule has 2 amide bonds. The van der Waals surface area contributed by atoms with Gasteiger partial charge in [0.25, 0.3) is 0 Å². The van der Waals surface area contributed by atoms with Crippen molar-refractivity contribution in [3.05, 3.63) is 42.7 Å². The van der Waals surface area contributed by atoms with Crippen LogP contribution in [-0.2, 0) is 6.54 Å². The first-order chi connectivity index (χ1) is 12.1. The van der Waals surface area contributed by atoms with E-state index < -0.39 is 0 Å². The minimum absolute atomic E-state index is 0.0218. The minimum Gasteiger partial charge on any atom is -0.487 e. The Morgan fingerprint density at radius 1 is 1.48 bits per heavy atom. The number of imidazole rings is 1. The molecular weight excluding hydrogens is 318 g/mol. The Labute approximate surface area is 148 Å². The van der Waals surface area contributed by atoms with Crippen LogP contribution in [-0.4, -0.2) is 51.2 Å². The molecule has 2 aromatic heterocycles. The number of nitrogens with zero attached hydrogens (tertiary/aromatic N) is 4. The minimum atomic E-state index is -0.0218. The summed E-state index contributed by atoms with van der Waals surface area (Å²) in [6.07, 6.45) is 8.05. The number of pyridine rings is 1. The van der Waals surface area contributed by atoms with Crippen LogP contribution < -0.4 is 10.1 Å². The molecule has 1 aliphatic heterocycles. The molecule has 1 fully saturated rings. The van der Waals surface area contributed by atoms with Crippen LogP contribution in [0.2, 0.25) is 0 Å². The van der Waals surface area contributed by atoms with E-state index in [2.05, 4.69) is 26.8 Å². The number of hydrogen-bond donors (Lipinski definition) is 1. The van der Waals surface area contributed by atoms with E-state index >= 15 is 0 Å². The second-order valence-electron chi connectivity index (χ2n) is 6.58. The van der Waals surface area contributed by atoms with Crippen molar-refractivity contribution in [3.63, 3.8) is 0 Å². The van der Waals surface area contributed by atoms with Gasteiger partial charge in [-0.15, -0.1) is 0 Å². The molecular formula is C18H25N5O2. The number of amides is 2. The third kappa shape index (κ3) is 4.71. The van der Waals surface area contributed by atoms with E-state index in [4.69, 9.17) is 4.74 Å². The van der Waals surface area contributed by atoms with Crippen LogP contribution in [0.3, 0.4) is 0 Å². The highest BCUT2D eigenvalue weighted by molar-refractivity contribution is 5.74. The van der Waals surface area contributed by atoms with Crippen LogP contribution in [0, 0.1) is 12.8 Å². The average Bonchev–Trinajstić information content (AvgIpc) is 3.23. The summed E-state index contributed by atoms with van der Waals surface area (Å²) in [7, 11) is 0. The van der Waals surface area contributed by atoms with Gasteiger partial charge < -0.3 is 19.5 Å². The van der Waals surface area contributed by atoms with Crippen LogP contribution in [0.1, 0.15) is 19.2 Å². The molecule has 1 aliphatic rings. The van der Waals surface area contributed by atoms with Crippen LogP contribution in [0.4, 0.5) is 4.79 Å². The van der Waals surface area contributed by atoms with Crippen molar-refractivity contribution < 1.29 is 9.53 Å². The lowest BCUT2D eigenvalue weighted by Gasteiger charge is -2.20. The first-order valence-corrected chi connectivity index (χ1v) is 8.69. The largest absolute Gasteiger partial charge is 0.487 e. The second-order valence-corrected chi connectivity index (χ2v) is 6.58. The number of carbonyl (C=O) groups is 1. The molecule has 7 nitrogen and oxygen atoms in total. The van der Waals surface area contributed by atoms with Gasteiger partial charge in [-0.3, -0.25) is 4.98 Å². The van der Waals surface area contributed by atoms with Crippen LogP contribution in [0.15, 0.2) is 36.9 Å². The van der Waals surface area contributed by atoms with Gasteiger partial charge in [0, 0.05) is 44.6 Å². The van der Waals surface area contributed by atoms with Gasteiger partial charge in [0.2, 0.25) is 0 Å². The number of nitrogens with one attached hydrogen (secondary N) is 1. The van der Waals surface area contributed by atoms with E-state index in [0.717, 1.165) is 24.5 Å². The summed E-state index contributed by atoms with van der Waals surface area (Å²) in [5.41, 5.74) is 0. The summed E-state index contributed by atoms with van der Waals surface area (Å²) in [6.45, 7) is 6.91. The summed E-state index contributed by atoms with van der Waals surface area (Å²) >= 11 is 0. The number of aryl methyl sites for hydroxylation is 1. The van der Waals surface area contributed by atoms with E-state index in [9.17, 15) is 4.79 Å². The van der Waals surface area contributed by atoms with Crippen molar-refractivity contribution in [1.82, 2.24) is 24.8 Å². The van der Waals surface area contributed by atoms with Gasteiger partial charge in [0.15, 0.2) is 0 Å². The molecule has 2 aromatic rings. The summed E-state index contributed by atoms with van der Waals surface area (Å²) < 4.78 is 7.97. The predicted molar refractivity (Wildman–Crippen MR) is 94.4 cm³/mol. The molecule has 1 N–H and O–H groups in total. The molecule has 0 radical (unpaired) electrons. The average molecular weight is 343 g/mol. The molecule has 1 saturated heterocycles. The Hall–Kier alpha value is -2.57. The number of aromatic nitrogens is 3. The smallest absolute Gasteiger partial charge is 0.317 e. The summed E-state index contributed by atoms with van der Waals surface area (Å²) in [5, 5.41) is 3.03. The molecule has 2 atom stereocenters. The molecule has 0 aromatic carbocycles. The first-order valence-electron chi connectivity index (χ1n) is 8.69. The molecule has 0 bridgehead atoms. The number of ether oxygens (including phenoxy) is 1. The van der Waals surface area contributed by atoms with Crippen molar-refractivity contribution in [2.45, 2.75) is 32.9 Å². The van der Waals surface area contributed by atoms with Gasteiger partial charge in [-0.05, 0) is 25.0 Å². The maximum atomic E-state index is 12.3. The summed E-state index contributed by atoms with van der Waals surface area (Å²) in [5.74, 6) is 2.08. The molecule has 134 valence electrons. The molecule has 25 heavy (non-hydrogen) atoms. The van der Waals surface area contributed by atoms with Gasteiger partial charge >= 0.3 is 6.03 Å². The van der Waals surface area contributed by atoms with Crippen molar-refractivity contribution in [2.24, 2.45) is 5.92 Å². The maximum absolute atomic E-state index is 12.3. The topological polar surface area (TPSA) is 72.3 Å². The van der Waals surface area contributed by atoms with E-state index in [1.54, 1.807) is 18.6 Å². The van der Waals surface area contributed by atoms with E-state index in [1.165, 1.54) is 0 Å². The van der Waals surface area contributed by atoms with Crippen LogP contribution >= 0.6 is 0 Å². The fourth-order valence-electron chi connectivity index (χ4n) is 2.99. The summed E-state index contributed by atoms with van der Waals surface area (Å²) in [4.78, 5) is 22.4. The lowest BCUT2D eigenvalue weighted by molar-refractivity contribution is 0.185. The summed E-state index contributed by atoms with van der Waals surface area (Å²) in [6, 6.07) is 3.71.